The van der Waals surface area contributed by atoms with Crippen molar-refractivity contribution >= 4 is 17.4 Å². The number of ether oxygens (including phenoxy) is 1. The van der Waals surface area contributed by atoms with Crippen LogP contribution in [0.4, 0.5) is 8.78 Å². The van der Waals surface area contributed by atoms with Crippen LogP contribution in [0.1, 0.15) is 36.2 Å². The number of carbonyl (C=O) groups excluding carboxylic acids is 1. The molecule has 0 saturated heterocycles. The van der Waals surface area contributed by atoms with Gasteiger partial charge >= 0.3 is 0 Å². The third-order valence-corrected chi connectivity index (χ3v) is 2.42. The Hall–Kier alpha value is -1.16. The Balaban J connectivity index is 3.33. The molecular weight excluding hydrogens is 238 g/mol. The van der Waals surface area contributed by atoms with Crippen molar-refractivity contribution in [3.05, 3.63) is 28.3 Å². The van der Waals surface area contributed by atoms with E-state index < -0.39 is 6.43 Å². The maximum atomic E-state index is 12.6. The van der Waals surface area contributed by atoms with Crippen LogP contribution in [0.25, 0.3) is 0 Å². The monoisotopic (exact) mass is 248 g/mol. The highest BCUT2D eigenvalue weighted by atomic mass is 35.5. The van der Waals surface area contributed by atoms with Crippen LogP contribution in [0.3, 0.4) is 0 Å². The topological polar surface area (TPSA) is 26.3 Å². The molecule has 0 saturated carbocycles. The summed E-state index contributed by atoms with van der Waals surface area (Å²) < 4.78 is 30.4. The van der Waals surface area contributed by atoms with E-state index in [0.29, 0.717) is 6.61 Å². The van der Waals surface area contributed by atoms with Gasteiger partial charge in [0.2, 0.25) is 0 Å². The number of Topliss-reactive ketones (excluding diaryl/α,β-unsaturated/α-hetero) is 1. The predicted octanol–water partition coefficient (Wildman–Crippen LogP) is 3.88. The van der Waals surface area contributed by atoms with Gasteiger partial charge in [0.1, 0.15) is 5.75 Å². The van der Waals surface area contributed by atoms with Gasteiger partial charge in [-0.3, -0.25) is 4.79 Å². The van der Waals surface area contributed by atoms with E-state index in [0.717, 1.165) is 6.07 Å². The number of rotatable bonds is 4. The minimum Gasteiger partial charge on any atom is -0.494 e. The van der Waals surface area contributed by atoms with Crippen LogP contribution in [0.15, 0.2) is 12.1 Å². The van der Waals surface area contributed by atoms with Gasteiger partial charge in [-0.25, -0.2) is 8.78 Å². The first-order valence-corrected chi connectivity index (χ1v) is 5.10. The third kappa shape index (κ3) is 2.70. The van der Waals surface area contributed by atoms with Crippen molar-refractivity contribution < 1.29 is 18.3 Å². The van der Waals surface area contributed by atoms with Crippen LogP contribution in [0.2, 0.25) is 5.02 Å². The summed E-state index contributed by atoms with van der Waals surface area (Å²) in [4.78, 5) is 11.2. The largest absolute Gasteiger partial charge is 0.494 e. The standard InChI is InChI=1S/C11H11ClF2O2/c1-3-16-7-4-8(6(2)15)10(12)9(5-7)11(13)14/h4-5,11H,3H2,1-2H3. The van der Waals surface area contributed by atoms with E-state index in [1.54, 1.807) is 6.92 Å². The molecule has 0 bridgehead atoms. The normalized spacial score (nSPS) is 10.6. The van der Waals surface area contributed by atoms with Gasteiger partial charge in [0, 0.05) is 11.1 Å². The molecule has 0 N–H and O–H groups in total. The second-order valence-corrected chi connectivity index (χ2v) is 3.54. The zero-order chi connectivity index (χ0) is 12.3. The molecule has 1 rings (SSSR count). The van der Waals surface area contributed by atoms with Gasteiger partial charge in [-0.1, -0.05) is 11.6 Å². The van der Waals surface area contributed by atoms with Crippen molar-refractivity contribution in [3.63, 3.8) is 0 Å². The molecule has 1 aromatic rings. The first-order valence-electron chi connectivity index (χ1n) is 4.72. The fraction of sp³-hybridized carbons (Fsp3) is 0.364. The summed E-state index contributed by atoms with van der Waals surface area (Å²) in [6, 6.07) is 2.53. The number of carbonyl (C=O) groups is 1. The van der Waals surface area contributed by atoms with Crippen LogP contribution in [0.5, 0.6) is 5.75 Å². The van der Waals surface area contributed by atoms with Crippen molar-refractivity contribution in [2.24, 2.45) is 0 Å². The highest BCUT2D eigenvalue weighted by Crippen LogP contribution is 2.34. The fourth-order valence-corrected chi connectivity index (χ4v) is 1.61. The van der Waals surface area contributed by atoms with Crippen molar-refractivity contribution in [2.45, 2.75) is 20.3 Å². The lowest BCUT2D eigenvalue weighted by Gasteiger charge is -2.11. The molecule has 0 heterocycles. The Bertz CT molecular complexity index is 405. The average molecular weight is 249 g/mol. The average Bonchev–Trinajstić information content (AvgIpc) is 2.19. The van der Waals surface area contributed by atoms with Crippen LogP contribution in [-0.2, 0) is 0 Å². The smallest absolute Gasteiger partial charge is 0.265 e. The van der Waals surface area contributed by atoms with Crippen LogP contribution in [-0.4, -0.2) is 12.4 Å². The van der Waals surface area contributed by atoms with Gasteiger partial charge in [0.15, 0.2) is 5.78 Å². The molecule has 0 amide bonds. The fourth-order valence-electron chi connectivity index (χ4n) is 1.28. The molecule has 0 aliphatic heterocycles. The Morgan fingerprint density at radius 3 is 2.56 bits per heavy atom. The summed E-state index contributed by atoms with van der Waals surface area (Å²) in [7, 11) is 0. The summed E-state index contributed by atoms with van der Waals surface area (Å²) in [6.45, 7) is 3.33. The summed E-state index contributed by atoms with van der Waals surface area (Å²) in [5.74, 6) is -0.138. The van der Waals surface area contributed by atoms with E-state index in [-0.39, 0.29) is 27.7 Å². The molecule has 0 spiro atoms. The number of hydrogen-bond donors (Lipinski definition) is 0. The first kappa shape index (κ1) is 12.9. The van der Waals surface area contributed by atoms with Crippen LogP contribution < -0.4 is 4.74 Å². The van der Waals surface area contributed by atoms with Gasteiger partial charge < -0.3 is 4.74 Å². The third-order valence-electron chi connectivity index (χ3n) is 2.00. The molecule has 0 aliphatic carbocycles. The molecule has 0 unspecified atom stereocenters. The van der Waals surface area contributed by atoms with E-state index in [4.69, 9.17) is 16.3 Å². The number of benzene rings is 1. The van der Waals surface area contributed by atoms with Crippen molar-refractivity contribution in [2.75, 3.05) is 6.61 Å². The summed E-state index contributed by atoms with van der Waals surface area (Å²) in [5.41, 5.74) is -0.319. The molecule has 0 aliphatic rings. The Morgan fingerprint density at radius 1 is 1.50 bits per heavy atom. The zero-order valence-electron chi connectivity index (χ0n) is 8.89. The van der Waals surface area contributed by atoms with E-state index >= 15 is 0 Å². The Kier molecular flexibility index (Phi) is 4.24. The highest BCUT2D eigenvalue weighted by Gasteiger charge is 2.19. The van der Waals surface area contributed by atoms with Crippen molar-refractivity contribution in [3.8, 4) is 5.75 Å². The van der Waals surface area contributed by atoms with E-state index in [2.05, 4.69) is 0 Å². The van der Waals surface area contributed by atoms with Crippen LogP contribution >= 0.6 is 11.6 Å². The number of halogens is 3. The Morgan fingerprint density at radius 2 is 2.12 bits per heavy atom. The minimum absolute atomic E-state index is 0.0583. The lowest BCUT2D eigenvalue weighted by Crippen LogP contribution is -2.01. The van der Waals surface area contributed by atoms with Gasteiger partial charge in [-0.15, -0.1) is 0 Å². The maximum Gasteiger partial charge on any atom is 0.265 e. The second kappa shape index (κ2) is 5.25. The van der Waals surface area contributed by atoms with E-state index in [1.807, 2.05) is 0 Å². The number of hydrogen-bond acceptors (Lipinski definition) is 2. The maximum absolute atomic E-state index is 12.6. The summed E-state index contributed by atoms with van der Waals surface area (Å²) in [6.07, 6.45) is -2.73. The molecule has 5 heteroatoms. The quantitative estimate of drug-likeness (QED) is 0.756. The lowest BCUT2D eigenvalue weighted by atomic mass is 10.1. The molecule has 16 heavy (non-hydrogen) atoms. The number of alkyl halides is 2. The molecule has 0 atom stereocenters. The van der Waals surface area contributed by atoms with Crippen molar-refractivity contribution in [1.82, 2.24) is 0 Å². The SMILES string of the molecule is CCOc1cc(C(C)=O)c(Cl)c(C(F)F)c1. The molecule has 2 nitrogen and oxygen atoms in total. The second-order valence-electron chi connectivity index (χ2n) is 3.16. The molecular formula is C11H11ClF2O2. The van der Waals surface area contributed by atoms with Gasteiger partial charge in [0.25, 0.3) is 6.43 Å². The predicted molar refractivity (Wildman–Crippen MR) is 57.6 cm³/mol. The lowest BCUT2D eigenvalue weighted by molar-refractivity contribution is 0.101. The molecule has 0 radical (unpaired) electrons. The van der Waals surface area contributed by atoms with Gasteiger partial charge in [-0.2, -0.15) is 0 Å². The van der Waals surface area contributed by atoms with Gasteiger partial charge in [-0.05, 0) is 26.0 Å². The Labute approximate surface area is 97.2 Å². The van der Waals surface area contributed by atoms with Crippen LogP contribution in [0, 0.1) is 0 Å². The zero-order valence-corrected chi connectivity index (χ0v) is 9.65. The highest BCUT2D eigenvalue weighted by molar-refractivity contribution is 6.34. The van der Waals surface area contributed by atoms with E-state index in [9.17, 15) is 13.6 Å². The minimum atomic E-state index is -2.73. The first-order chi connectivity index (χ1) is 7.47. The van der Waals surface area contributed by atoms with E-state index in [1.165, 1.54) is 13.0 Å². The van der Waals surface area contributed by atoms with Gasteiger partial charge in [0.05, 0.1) is 11.6 Å². The summed E-state index contributed by atoms with van der Waals surface area (Å²) in [5, 5.41) is -0.203. The summed E-state index contributed by atoms with van der Waals surface area (Å²) >= 11 is 5.71. The molecule has 0 aromatic heterocycles. The molecule has 88 valence electrons. The number of ketones is 1. The molecule has 1 aromatic carbocycles. The van der Waals surface area contributed by atoms with Crippen molar-refractivity contribution in [1.29, 1.82) is 0 Å². The molecule has 0 fully saturated rings.